The van der Waals surface area contributed by atoms with E-state index in [-0.39, 0.29) is 30.3 Å². The molecule has 4 aliphatic rings. The first kappa shape index (κ1) is 59.9. The Kier molecular flexibility index (Phi) is 19.3. The van der Waals surface area contributed by atoms with Gasteiger partial charge >= 0.3 is 11.9 Å². The Balaban J connectivity index is 0.000000154. The van der Waals surface area contributed by atoms with Crippen molar-refractivity contribution < 1.29 is 47.1 Å². The van der Waals surface area contributed by atoms with Crippen molar-refractivity contribution in [3.63, 3.8) is 0 Å². The van der Waals surface area contributed by atoms with Crippen molar-refractivity contribution in [2.45, 2.75) is 167 Å². The fourth-order valence-electron chi connectivity index (χ4n) is 11.0. The minimum atomic E-state index is -0.386. The van der Waals surface area contributed by atoms with Crippen molar-refractivity contribution in [1.29, 1.82) is 0 Å². The summed E-state index contributed by atoms with van der Waals surface area (Å²) in [6, 6.07) is 24.6. The van der Waals surface area contributed by atoms with E-state index in [0.29, 0.717) is 65.9 Å². The van der Waals surface area contributed by atoms with Crippen LogP contribution in [0.25, 0.3) is 42.9 Å². The number of hydrogen-bond acceptors (Lipinski definition) is 18. The van der Waals surface area contributed by atoms with E-state index >= 15 is 0 Å². The van der Waals surface area contributed by atoms with Crippen molar-refractivity contribution >= 4 is 76.1 Å². The summed E-state index contributed by atoms with van der Waals surface area (Å²) in [5, 5.41) is 13.2. The van der Waals surface area contributed by atoms with Crippen LogP contribution in [0.15, 0.2) is 85.8 Å². The number of nitrogens with one attached hydrogen (secondary N) is 1. The summed E-state index contributed by atoms with van der Waals surface area (Å²) >= 11 is 6.36. The van der Waals surface area contributed by atoms with Gasteiger partial charge in [0.05, 0.1) is 72.4 Å². The molecular formula is C64H75BrN6O10S2. The maximum Gasteiger partial charge on any atom is 0.338 e. The number of halogens is 1. The van der Waals surface area contributed by atoms with Gasteiger partial charge in [-0.15, -0.1) is 11.3 Å². The van der Waals surface area contributed by atoms with Gasteiger partial charge in [-0.05, 0) is 164 Å². The predicted molar refractivity (Wildman–Crippen MR) is 328 cm³/mol. The molecule has 4 aromatic carbocycles. The molecule has 4 heterocycles. The largest absolute Gasteiger partial charge is 0.489 e. The Morgan fingerprint density at radius 2 is 1.14 bits per heavy atom. The molecule has 0 aliphatic heterocycles. The van der Waals surface area contributed by atoms with Crippen LogP contribution < -0.4 is 19.7 Å². The van der Waals surface area contributed by atoms with Gasteiger partial charge in [0.2, 0.25) is 0 Å². The second-order valence-electron chi connectivity index (χ2n) is 22.6. The van der Waals surface area contributed by atoms with Gasteiger partial charge in [-0.25, -0.2) is 19.6 Å². The van der Waals surface area contributed by atoms with Crippen LogP contribution in [0, 0.1) is 13.8 Å². The van der Waals surface area contributed by atoms with Gasteiger partial charge in [0, 0.05) is 53.2 Å². The molecule has 0 spiro atoms. The number of hydrogen-bond donors (Lipinski definition) is 1. The van der Waals surface area contributed by atoms with E-state index in [0.717, 1.165) is 114 Å². The number of carbonyl (C=O) groups excluding carboxylic acids is 2. The first-order valence-electron chi connectivity index (χ1n) is 28.9. The van der Waals surface area contributed by atoms with Crippen LogP contribution in [-0.2, 0) is 32.2 Å². The van der Waals surface area contributed by atoms with Crippen molar-refractivity contribution in [2.24, 2.45) is 0 Å². The van der Waals surface area contributed by atoms with Gasteiger partial charge in [0.15, 0.2) is 9.05 Å². The summed E-state index contributed by atoms with van der Waals surface area (Å²) in [4.78, 5) is 35.4. The molecule has 83 heavy (non-hydrogen) atoms. The summed E-state index contributed by atoms with van der Waals surface area (Å²) in [6.07, 6.45) is 11.5. The van der Waals surface area contributed by atoms with Crippen molar-refractivity contribution in [3.8, 4) is 34.0 Å². The Morgan fingerprint density at radius 3 is 1.61 bits per heavy atom. The first-order chi connectivity index (χ1) is 40.1. The number of rotatable bonds is 19. The summed E-state index contributed by atoms with van der Waals surface area (Å²) in [5.41, 5.74) is 11.3. The van der Waals surface area contributed by atoms with Crippen molar-refractivity contribution in [3.05, 3.63) is 122 Å². The number of carbonyl (C=O) groups is 2. The number of nitrogens with zero attached hydrogens (tertiary/aromatic N) is 5. The number of anilines is 1. The predicted octanol–water partition coefficient (Wildman–Crippen LogP) is 15.1. The molecule has 4 fully saturated rings. The third-order valence-electron chi connectivity index (χ3n) is 15.7. The van der Waals surface area contributed by atoms with E-state index < -0.39 is 0 Å². The summed E-state index contributed by atoms with van der Waals surface area (Å²) in [7, 11) is 6.88. The minimum absolute atomic E-state index is 0.0153. The minimum Gasteiger partial charge on any atom is -0.489 e. The zero-order valence-corrected chi connectivity index (χ0v) is 52.3. The molecule has 4 saturated carbocycles. The molecule has 4 aliphatic carbocycles. The topological polar surface area (TPSA) is 183 Å². The normalized spacial score (nSPS) is 18.5. The maximum absolute atomic E-state index is 12.3. The van der Waals surface area contributed by atoms with Crippen LogP contribution in [-0.4, -0.2) is 97.0 Å². The molecule has 4 atom stereocenters. The highest BCUT2D eigenvalue weighted by molar-refractivity contribution is 9.11. The molecule has 12 rings (SSSR count). The van der Waals surface area contributed by atoms with Crippen LogP contribution >= 0.6 is 38.6 Å². The molecule has 0 saturated heterocycles. The molecule has 1 N–H and O–H groups in total. The molecule has 4 aromatic heterocycles. The molecular weight excluding hydrogens is 1160 g/mol. The second kappa shape index (κ2) is 26.8. The first-order valence-corrected chi connectivity index (χ1v) is 31.3. The Morgan fingerprint density at radius 1 is 0.663 bits per heavy atom. The number of benzene rings is 4. The summed E-state index contributed by atoms with van der Waals surface area (Å²) in [6.45, 7) is 13.1. The molecule has 0 radical (unpaired) electrons. The number of thiazole rings is 2. The summed E-state index contributed by atoms with van der Waals surface area (Å²) in [5.74, 6) is 3.49. The summed E-state index contributed by atoms with van der Waals surface area (Å²) < 4.78 is 48.4. The number of ether oxygens (including phenoxy) is 6. The molecule has 19 heteroatoms. The van der Waals surface area contributed by atoms with Crippen LogP contribution in [0.4, 0.5) is 5.13 Å². The van der Waals surface area contributed by atoms with Crippen LogP contribution in [0.5, 0.6) is 11.5 Å². The van der Waals surface area contributed by atoms with Gasteiger partial charge in [-0.2, -0.15) is 0 Å². The molecule has 0 unspecified atom stereocenters. The smallest absolute Gasteiger partial charge is 0.338 e. The Bertz CT molecular complexity index is 3550. The van der Waals surface area contributed by atoms with E-state index in [1.54, 1.807) is 29.5 Å². The number of aromatic nitrogens is 4. The van der Waals surface area contributed by atoms with E-state index in [1.165, 1.54) is 61.5 Å². The number of aryl methyl sites for hydroxylation is 2. The quantitative estimate of drug-likeness (QED) is 0.0754. The van der Waals surface area contributed by atoms with E-state index in [4.69, 9.17) is 42.5 Å². The van der Waals surface area contributed by atoms with Crippen LogP contribution in [0.3, 0.4) is 0 Å². The molecule has 8 aromatic rings. The average molecular weight is 1230 g/mol. The van der Waals surface area contributed by atoms with E-state index in [1.807, 2.05) is 52.9 Å². The Hall–Kier alpha value is -6.22. The van der Waals surface area contributed by atoms with Gasteiger partial charge in [0.1, 0.15) is 45.4 Å². The number of fused-ring (bicyclic) bond motifs is 2. The SMILES string of the molecule is CN[C@@H]1CC[C@H](OCc2c(-c3ccccc3C)noc2C2CC2)C1.COC(=O)c1cc(OC(C)C)c2nc(Br)sc2c1.COC(=O)c1cc(OC(C)C)c2nc(N(C)[C@@H]3CC[C@H](OCc4c(-c5ccccc5C)noc4C4CC4)C3)sc2c1. The molecule has 16 nitrogen and oxygen atoms in total. The van der Waals surface area contributed by atoms with Gasteiger partial charge in [-0.1, -0.05) is 70.2 Å². The van der Waals surface area contributed by atoms with Crippen molar-refractivity contribution in [2.75, 3.05) is 33.2 Å². The monoisotopic (exact) mass is 1230 g/mol. The second-order valence-corrected chi connectivity index (χ2v) is 25.9. The third-order valence-corrected chi connectivity index (χ3v) is 18.3. The lowest BCUT2D eigenvalue weighted by atomic mass is 10.0. The lowest BCUT2D eigenvalue weighted by Gasteiger charge is -2.24. The van der Waals surface area contributed by atoms with Crippen molar-refractivity contribution in [1.82, 2.24) is 25.6 Å². The zero-order chi connectivity index (χ0) is 58.5. The lowest BCUT2D eigenvalue weighted by molar-refractivity contribution is 0.0436. The highest BCUT2D eigenvalue weighted by Crippen LogP contribution is 2.47. The third kappa shape index (κ3) is 14.3. The zero-order valence-electron chi connectivity index (χ0n) is 49.0. The highest BCUT2D eigenvalue weighted by atomic mass is 79.9. The van der Waals surface area contributed by atoms with Crippen LogP contribution in [0.1, 0.15) is 158 Å². The lowest BCUT2D eigenvalue weighted by Crippen LogP contribution is -2.29. The molecule has 0 bridgehead atoms. The van der Waals surface area contributed by atoms with Gasteiger partial charge < -0.3 is 47.7 Å². The highest BCUT2D eigenvalue weighted by Gasteiger charge is 2.36. The van der Waals surface area contributed by atoms with Gasteiger partial charge in [-0.3, -0.25) is 0 Å². The van der Waals surface area contributed by atoms with E-state index in [9.17, 15) is 9.59 Å². The fourth-order valence-corrected chi connectivity index (χ4v) is 13.5. The van der Waals surface area contributed by atoms with Crippen LogP contribution in [0.2, 0.25) is 0 Å². The fraction of sp³-hybridized carbons (Fsp3) is 0.469. The van der Waals surface area contributed by atoms with E-state index in [2.05, 4.69) is 98.7 Å². The average Bonchev–Trinajstić information content (AvgIpc) is 3.16. The molecule has 0 amide bonds. The van der Waals surface area contributed by atoms with Gasteiger partial charge in [0.25, 0.3) is 0 Å². The Labute approximate surface area is 502 Å². The number of esters is 2. The maximum atomic E-state index is 12.3. The number of methoxy groups -OCH3 is 2. The standard InChI is InChI=1S/C32H37N3O5S.C20H26N2O2.C12H12BrNO3S/c1-18(2)39-26-14-21(31(36)37-5)15-27-29(26)33-32(41-27)35(4)22-12-13-23(16-22)38-17-25-28(24-9-7-6-8-19(24)3)34-40-30(25)20-10-11-20;1-13-5-3-4-6-17(13)19-18(20(24-22-19)14-7-8-14)12-23-16-10-9-15(11-16)21-2;1-6(2)17-8-4-7(11(15)16-3)5-9-10(8)14-12(13)18-9/h6-9,14-15,18,20,22-23H,10-13,16-17H2,1-5H3;3-6,14-16,21H,7-12H2,1-2H3;4-6H,1-3H3/t22-,23+;15-,16+;/m11./s1. The molecule has 440 valence electrons.